The molecule has 0 aliphatic heterocycles. The van der Waals surface area contributed by atoms with Crippen LogP contribution in [0.3, 0.4) is 0 Å². The van der Waals surface area contributed by atoms with E-state index >= 15 is 0 Å². The van der Waals surface area contributed by atoms with E-state index in [1.54, 1.807) is 11.8 Å². The van der Waals surface area contributed by atoms with Crippen LogP contribution in [0.1, 0.15) is 11.1 Å². The Labute approximate surface area is 131 Å². The summed E-state index contributed by atoms with van der Waals surface area (Å²) in [5.74, 6) is 1.76. The van der Waals surface area contributed by atoms with Gasteiger partial charge < -0.3 is 10.0 Å². The van der Waals surface area contributed by atoms with Gasteiger partial charge in [0.25, 0.3) is 0 Å². The predicted molar refractivity (Wildman–Crippen MR) is 92.5 cm³/mol. The van der Waals surface area contributed by atoms with Crippen molar-refractivity contribution in [3.63, 3.8) is 0 Å². The van der Waals surface area contributed by atoms with Crippen molar-refractivity contribution in [3.8, 4) is 11.1 Å². The van der Waals surface area contributed by atoms with Crippen LogP contribution in [0.2, 0.25) is 0 Å². The molecule has 3 heteroatoms. The van der Waals surface area contributed by atoms with Gasteiger partial charge in [0, 0.05) is 18.1 Å². The van der Waals surface area contributed by atoms with Gasteiger partial charge in [-0.25, -0.2) is 0 Å². The van der Waals surface area contributed by atoms with Crippen LogP contribution >= 0.6 is 11.8 Å². The molecule has 2 aromatic rings. The molecule has 1 N–H and O–H groups in total. The molecule has 0 bridgehead atoms. The third kappa shape index (κ3) is 5.20. The maximum atomic E-state index is 8.79. The summed E-state index contributed by atoms with van der Waals surface area (Å²) in [4.78, 5) is 2.17. The molecule has 0 atom stereocenters. The van der Waals surface area contributed by atoms with E-state index < -0.39 is 0 Å². The van der Waals surface area contributed by atoms with E-state index in [0.29, 0.717) is 0 Å². The first-order valence-electron chi connectivity index (χ1n) is 7.20. The Balaban J connectivity index is 2.01. The number of benzene rings is 2. The van der Waals surface area contributed by atoms with Crippen LogP contribution < -0.4 is 0 Å². The van der Waals surface area contributed by atoms with Crippen molar-refractivity contribution in [2.45, 2.75) is 12.3 Å². The van der Waals surface area contributed by atoms with Gasteiger partial charge in [0.15, 0.2) is 0 Å². The maximum Gasteiger partial charge on any atom is 0.0521 e. The van der Waals surface area contributed by atoms with E-state index in [1.807, 2.05) is 0 Å². The minimum Gasteiger partial charge on any atom is -0.396 e. The molecule has 112 valence electrons. The average Bonchev–Trinajstić information content (AvgIpc) is 2.49. The van der Waals surface area contributed by atoms with E-state index in [1.165, 1.54) is 22.3 Å². The van der Waals surface area contributed by atoms with E-state index in [2.05, 4.69) is 67.5 Å². The molecule has 0 unspecified atom stereocenters. The summed E-state index contributed by atoms with van der Waals surface area (Å²) in [6.45, 7) is 1.23. The van der Waals surface area contributed by atoms with Crippen LogP contribution in [0.15, 0.2) is 48.5 Å². The molecule has 2 nitrogen and oxygen atoms in total. The topological polar surface area (TPSA) is 23.5 Å². The minimum atomic E-state index is 0.252. The first-order chi connectivity index (χ1) is 10.2. The smallest absolute Gasteiger partial charge is 0.0521 e. The summed E-state index contributed by atoms with van der Waals surface area (Å²) < 4.78 is 0. The van der Waals surface area contributed by atoms with Crippen LogP contribution in [0.5, 0.6) is 0 Å². The standard InChI is InChI=1S/C18H23NOS/c1-19(2)13-15-3-7-17(8-4-15)18-9-5-16(6-10-18)14-21-12-11-20/h3-10,20H,11-14H2,1-2H3. The van der Waals surface area contributed by atoms with Crippen LogP contribution in [0, 0.1) is 0 Å². The van der Waals surface area contributed by atoms with Crippen molar-refractivity contribution in [3.05, 3.63) is 59.7 Å². The summed E-state index contributed by atoms with van der Waals surface area (Å²) in [5.41, 5.74) is 5.15. The van der Waals surface area contributed by atoms with E-state index in [4.69, 9.17) is 5.11 Å². The molecule has 21 heavy (non-hydrogen) atoms. The lowest BCUT2D eigenvalue weighted by molar-refractivity contribution is 0.322. The molecule has 2 aromatic carbocycles. The zero-order valence-corrected chi connectivity index (χ0v) is 13.6. The molecule has 0 aliphatic carbocycles. The Hall–Kier alpha value is -1.29. The highest BCUT2D eigenvalue weighted by Crippen LogP contribution is 2.22. The molecule has 0 aromatic heterocycles. The van der Waals surface area contributed by atoms with Gasteiger partial charge in [-0.2, -0.15) is 11.8 Å². The lowest BCUT2D eigenvalue weighted by atomic mass is 10.0. The molecule has 0 radical (unpaired) electrons. The largest absolute Gasteiger partial charge is 0.396 e. The van der Waals surface area contributed by atoms with Gasteiger partial charge in [-0.1, -0.05) is 48.5 Å². The number of hydrogen-bond acceptors (Lipinski definition) is 3. The van der Waals surface area contributed by atoms with Crippen molar-refractivity contribution in [2.75, 3.05) is 26.5 Å². The van der Waals surface area contributed by atoms with E-state index in [-0.39, 0.29) is 6.61 Å². The first kappa shape index (κ1) is 16.1. The highest BCUT2D eigenvalue weighted by atomic mass is 32.2. The quantitative estimate of drug-likeness (QED) is 0.790. The molecule has 0 heterocycles. The number of aliphatic hydroxyl groups excluding tert-OH is 1. The molecule has 0 spiro atoms. The Morgan fingerprint density at radius 2 is 1.38 bits per heavy atom. The summed E-state index contributed by atoms with van der Waals surface area (Å²) >= 11 is 1.76. The van der Waals surface area contributed by atoms with Crippen molar-refractivity contribution < 1.29 is 5.11 Å². The number of nitrogens with zero attached hydrogens (tertiary/aromatic N) is 1. The lowest BCUT2D eigenvalue weighted by Gasteiger charge is -2.10. The molecule has 0 aliphatic rings. The van der Waals surface area contributed by atoms with Gasteiger partial charge in [0.2, 0.25) is 0 Å². The van der Waals surface area contributed by atoms with Crippen LogP contribution in [0.25, 0.3) is 11.1 Å². The Bertz CT molecular complexity index is 534. The number of thioether (sulfide) groups is 1. The highest BCUT2D eigenvalue weighted by Gasteiger charge is 2.00. The Morgan fingerprint density at radius 3 is 1.86 bits per heavy atom. The summed E-state index contributed by atoms with van der Waals surface area (Å²) in [5, 5.41) is 8.79. The van der Waals surface area contributed by atoms with Crippen molar-refractivity contribution in [2.24, 2.45) is 0 Å². The molecule has 0 saturated carbocycles. The van der Waals surface area contributed by atoms with Gasteiger partial charge in [-0.15, -0.1) is 0 Å². The van der Waals surface area contributed by atoms with Crippen molar-refractivity contribution in [1.29, 1.82) is 0 Å². The summed E-state index contributed by atoms with van der Waals surface area (Å²) in [6, 6.07) is 17.5. The Kier molecular flexibility index (Phi) is 6.30. The van der Waals surface area contributed by atoms with Gasteiger partial charge >= 0.3 is 0 Å². The predicted octanol–water partition coefficient (Wildman–Crippen LogP) is 3.64. The average molecular weight is 301 g/mol. The minimum absolute atomic E-state index is 0.252. The van der Waals surface area contributed by atoms with Crippen LogP contribution in [0.4, 0.5) is 0 Å². The third-order valence-electron chi connectivity index (χ3n) is 3.24. The second-order valence-corrected chi connectivity index (χ2v) is 6.51. The number of aliphatic hydroxyl groups is 1. The van der Waals surface area contributed by atoms with Gasteiger partial charge in [-0.3, -0.25) is 0 Å². The van der Waals surface area contributed by atoms with Gasteiger partial charge in [0.1, 0.15) is 0 Å². The van der Waals surface area contributed by atoms with Crippen molar-refractivity contribution in [1.82, 2.24) is 4.90 Å². The normalized spacial score (nSPS) is 11.0. The summed E-state index contributed by atoms with van der Waals surface area (Å²) in [7, 11) is 4.17. The Morgan fingerprint density at radius 1 is 0.857 bits per heavy atom. The molecular weight excluding hydrogens is 278 g/mol. The molecule has 0 fully saturated rings. The second kappa shape index (κ2) is 8.23. The van der Waals surface area contributed by atoms with E-state index in [0.717, 1.165) is 18.1 Å². The zero-order chi connectivity index (χ0) is 15.1. The van der Waals surface area contributed by atoms with Crippen LogP contribution in [-0.4, -0.2) is 36.5 Å². The lowest BCUT2D eigenvalue weighted by Crippen LogP contribution is -2.10. The molecular formula is C18H23NOS. The van der Waals surface area contributed by atoms with Gasteiger partial charge in [0.05, 0.1) is 6.61 Å². The molecule has 2 rings (SSSR count). The fourth-order valence-electron chi connectivity index (χ4n) is 2.22. The SMILES string of the molecule is CN(C)Cc1ccc(-c2ccc(CSCCO)cc2)cc1. The fourth-order valence-corrected chi connectivity index (χ4v) is 2.92. The van der Waals surface area contributed by atoms with Crippen molar-refractivity contribution >= 4 is 11.8 Å². The first-order valence-corrected chi connectivity index (χ1v) is 8.36. The van der Waals surface area contributed by atoms with E-state index in [9.17, 15) is 0 Å². The summed E-state index contributed by atoms with van der Waals surface area (Å²) in [6.07, 6.45) is 0. The molecule has 0 amide bonds. The maximum absolute atomic E-state index is 8.79. The van der Waals surface area contributed by atoms with Crippen LogP contribution in [-0.2, 0) is 12.3 Å². The second-order valence-electron chi connectivity index (χ2n) is 5.41. The monoisotopic (exact) mass is 301 g/mol. The molecule has 0 saturated heterocycles. The van der Waals surface area contributed by atoms with Gasteiger partial charge in [-0.05, 0) is 36.3 Å². The highest BCUT2D eigenvalue weighted by molar-refractivity contribution is 7.98. The number of hydrogen-bond donors (Lipinski definition) is 1. The third-order valence-corrected chi connectivity index (χ3v) is 4.25. The fraction of sp³-hybridized carbons (Fsp3) is 0.333. The zero-order valence-electron chi connectivity index (χ0n) is 12.7. The number of rotatable bonds is 7.